The molecule has 0 aliphatic carbocycles. The SMILES string of the molecule is N#Cc1cc(F)cc(CNCC2CCCCS2)c1. The molecule has 1 saturated heterocycles. The van der Waals surface area contributed by atoms with Crippen molar-refractivity contribution >= 4 is 11.8 Å². The summed E-state index contributed by atoms with van der Waals surface area (Å²) in [5.41, 5.74) is 1.23. The van der Waals surface area contributed by atoms with E-state index < -0.39 is 0 Å². The monoisotopic (exact) mass is 264 g/mol. The fourth-order valence-electron chi connectivity index (χ4n) is 2.16. The van der Waals surface area contributed by atoms with Gasteiger partial charge in [-0.3, -0.25) is 0 Å². The number of nitrogens with zero attached hydrogens (tertiary/aromatic N) is 1. The molecule has 0 spiro atoms. The molecule has 0 amide bonds. The number of rotatable bonds is 4. The van der Waals surface area contributed by atoms with Crippen molar-refractivity contribution in [2.45, 2.75) is 31.1 Å². The summed E-state index contributed by atoms with van der Waals surface area (Å²) >= 11 is 2.02. The number of nitriles is 1. The van der Waals surface area contributed by atoms with Gasteiger partial charge in [0.2, 0.25) is 0 Å². The molecule has 0 bridgehead atoms. The van der Waals surface area contributed by atoms with Gasteiger partial charge in [0, 0.05) is 18.3 Å². The van der Waals surface area contributed by atoms with Gasteiger partial charge >= 0.3 is 0 Å². The maximum Gasteiger partial charge on any atom is 0.124 e. The van der Waals surface area contributed by atoms with Gasteiger partial charge in [-0.2, -0.15) is 17.0 Å². The summed E-state index contributed by atoms with van der Waals surface area (Å²) in [7, 11) is 0. The minimum absolute atomic E-state index is 0.335. The zero-order valence-electron chi connectivity index (χ0n) is 10.3. The third-order valence-corrected chi connectivity index (χ3v) is 4.46. The number of benzene rings is 1. The first kappa shape index (κ1) is 13.4. The molecule has 0 saturated carbocycles. The summed E-state index contributed by atoms with van der Waals surface area (Å²) < 4.78 is 13.2. The van der Waals surface area contributed by atoms with E-state index in [0.717, 1.165) is 12.1 Å². The standard InChI is InChI=1S/C14H17FN2S/c15-13-6-11(8-16)5-12(7-13)9-17-10-14-3-1-2-4-18-14/h5-7,14,17H,1-4,9-10H2. The van der Waals surface area contributed by atoms with Crippen molar-refractivity contribution in [3.63, 3.8) is 0 Å². The second-order valence-electron chi connectivity index (χ2n) is 4.58. The molecule has 1 aliphatic heterocycles. The number of hydrogen-bond donors (Lipinski definition) is 1. The Kier molecular flexibility index (Phi) is 5.03. The fourth-order valence-corrected chi connectivity index (χ4v) is 3.44. The van der Waals surface area contributed by atoms with Gasteiger partial charge in [-0.1, -0.05) is 6.42 Å². The van der Waals surface area contributed by atoms with E-state index in [2.05, 4.69) is 5.32 Å². The van der Waals surface area contributed by atoms with Crippen molar-refractivity contribution in [3.05, 3.63) is 35.1 Å². The molecule has 1 aromatic rings. The normalized spacial score (nSPS) is 19.4. The van der Waals surface area contributed by atoms with Crippen LogP contribution in [0.5, 0.6) is 0 Å². The number of thioether (sulfide) groups is 1. The molecule has 1 atom stereocenters. The van der Waals surface area contributed by atoms with Crippen LogP contribution in [0.4, 0.5) is 4.39 Å². The van der Waals surface area contributed by atoms with E-state index in [4.69, 9.17) is 5.26 Å². The topological polar surface area (TPSA) is 35.8 Å². The van der Waals surface area contributed by atoms with Gasteiger partial charge in [0.1, 0.15) is 5.82 Å². The number of nitrogens with one attached hydrogen (secondary N) is 1. The van der Waals surface area contributed by atoms with Crippen LogP contribution in [0, 0.1) is 17.1 Å². The molecular formula is C14H17FN2S. The summed E-state index contributed by atoms with van der Waals surface area (Å²) in [5, 5.41) is 12.8. The summed E-state index contributed by atoms with van der Waals surface area (Å²) in [6, 6.07) is 6.47. The van der Waals surface area contributed by atoms with E-state index >= 15 is 0 Å². The molecule has 0 aromatic heterocycles. The first-order valence-corrected chi connectivity index (χ1v) is 7.34. The highest BCUT2D eigenvalue weighted by molar-refractivity contribution is 7.99. The second-order valence-corrected chi connectivity index (χ2v) is 5.99. The Morgan fingerprint density at radius 2 is 2.28 bits per heavy atom. The Balaban J connectivity index is 1.82. The highest BCUT2D eigenvalue weighted by atomic mass is 32.2. The van der Waals surface area contributed by atoms with Crippen LogP contribution < -0.4 is 5.32 Å². The summed E-state index contributed by atoms with van der Waals surface area (Å²) in [6.07, 6.45) is 3.92. The molecule has 1 heterocycles. The molecular weight excluding hydrogens is 247 g/mol. The van der Waals surface area contributed by atoms with Gasteiger partial charge in [-0.25, -0.2) is 4.39 Å². The van der Waals surface area contributed by atoms with Crippen LogP contribution in [-0.4, -0.2) is 17.5 Å². The van der Waals surface area contributed by atoms with Gasteiger partial charge < -0.3 is 5.32 Å². The highest BCUT2D eigenvalue weighted by Crippen LogP contribution is 2.24. The Labute approximate surface area is 112 Å². The summed E-state index contributed by atoms with van der Waals surface area (Å²) in [5.74, 6) is 0.920. The first-order chi connectivity index (χ1) is 8.78. The highest BCUT2D eigenvalue weighted by Gasteiger charge is 2.13. The van der Waals surface area contributed by atoms with Gasteiger partial charge in [-0.15, -0.1) is 0 Å². The minimum atomic E-state index is -0.335. The van der Waals surface area contributed by atoms with Crippen LogP contribution >= 0.6 is 11.8 Å². The van der Waals surface area contributed by atoms with Crippen molar-refractivity contribution in [2.75, 3.05) is 12.3 Å². The molecule has 0 radical (unpaired) electrons. The third kappa shape index (κ3) is 4.01. The lowest BCUT2D eigenvalue weighted by molar-refractivity contribution is 0.592. The maximum absolute atomic E-state index is 13.2. The van der Waals surface area contributed by atoms with Crippen LogP contribution in [-0.2, 0) is 6.54 Å². The first-order valence-electron chi connectivity index (χ1n) is 6.30. The lowest BCUT2D eigenvalue weighted by Gasteiger charge is -2.21. The molecule has 1 N–H and O–H groups in total. The van der Waals surface area contributed by atoms with Crippen LogP contribution in [0.2, 0.25) is 0 Å². The van der Waals surface area contributed by atoms with Crippen LogP contribution in [0.3, 0.4) is 0 Å². The Morgan fingerprint density at radius 3 is 3.00 bits per heavy atom. The zero-order chi connectivity index (χ0) is 12.8. The van der Waals surface area contributed by atoms with Crippen LogP contribution in [0.15, 0.2) is 18.2 Å². The third-order valence-electron chi connectivity index (χ3n) is 3.06. The van der Waals surface area contributed by atoms with Crippen molar-refractivity contribution < 1.29 is 4.39 Å². The largest absolute Gasteiger partial charge is 0.312 e. The van der Waals surface area contributed by atoms with Gasteiger partial charge in [0.25, 0.3) is 0 Å². The lowest BCUT2D eigenvalue weighted by Crippen LogP contribution is -2.26. The predicted molar refractivity (Wildman–Crippen MR) is 72.9 cm³/mol. The molecule has 4 heteroatoms. The van der Waals surface area contributed by atoms with E-state index in [1.165, 1.54) is 37.1 Å². The summed E-state index contributed by atoms with van der Waals surface area (Å²) in [4.78, 5) is 0. The van der Waals surface area contributed by atoms with E-state index in [0.29, 0.717) is 17.4 Å². The van der Waals surface area contributed by atoms with Crippen molar-refractivity contribution in [1.29, 1.82) is 5.26 Å². The number of hydrogen-bond acceptors (Lipinski definition) is 3. The van der Waals surface area contributed by atoms with Crippen molar-refractivity contribution in [2.24, 2.45) is 0 Å². The predicted octanol–water partition coefficient (Wildman–Crippen LogP) is 3.07. The van der Waals surface area contributed by atoms with E-state index in [1.807, 2.05) is 17.8 Å². The average Bonchev–Trinajstić information content (AvgIpc) is 2.39. The van der Waals surface area contributed by atoms with Gasteiger partial charge in [0.15, 0.2) is 0 Å². The number of halogens is 1. The zero-order valence-corrected chi connectivity index (χ0v) is 11.1. The fraction of sp³-hybridized carbons (Fsp3) is 0.500. The summed E-state index contributed by atoms with van der Waals surface area (Å²) in [6.45, 7) is 1.59. The molecule has 1 fully saturated rings. The minimum Gasteiger partial charge on any atom is -0.312 e. The second kappa shape index (κ2) is 6.77. The Morgan fingerprint density at radius 1 is 1.39 bits per heavy atom. The van der Waals surface area contributed by atoms with E-state index in [9.17, 15) is 4.39 Å². The molecule has 1 unspecified atom stereocenters. The lowest BCUT2D eigenvalue weighted by atomic mass is 10.1. The molecule has 96 valence electrons. The quantitative estimate of drug-likeness (QED) is 0.908. The Bertz CT molecular complexity index is 436. The van der Waals surface area contributed by atoms with Gasteiger partial charge in [-0.05, 0) is 42.4 Å². The van der Waals surface area contributed by atoms with E-state index in [1.54, 1.807) is 6.07 Å². The van der Waals surface area contributed by atoms with Crippen LogP contribution in [0.1, 0.15) is 30.4 Å². The van der Waals surface area contributed by atoms with E-state index in [-0.39, 0.29) is 5.82 Å². The van der Waals surface area contributed by atoms with Crippen LogP contribution in [0.25, 0.3) is 0 Å². The maximum atomic E-state index is 13.2. The molecule has 1 aliphatic rings. The van der Waals surface area contributed by atoms with Crippen molar-refractivity contribution in [1.82, 2.24) is 5.32 Å². The molecule has 2 rings (SSSR count). The molecule has 18 heavy (non-hydrogen) atoms. The molecule has 2 nitrogen and oxygen atoms in total. The molecule has 1 aromatic carbocycles. The van der Waals surface area contributed by atoms with Crippen molar-refractivity contribution in [3.8, 4) is 6.07 Å². The Hall–Kier alpha value is -1.05. The smallest absolute Gasteiger partial charge is 0.124 e. The average molecular weight is 264 g/mol. The van der Waals surface area contributed by atoms with Gasteiger partial charge in [0.05, 0.1) is 11.6 Å².